The summed E-state index contributed by atoms with van der Waals surface area (Å²) < 4.78 is 0. The molecule has 2 heteroatoms. The first-order valence-electron chi connectivity index (χ1n) is 10.0. The van der Waals surface area contributed by atoms with Gasteiger partial charge in [-0.2, -0.15) is 0 Å². The van der Waals surface area contributed by atoms with Crippen LogP contribution in [0.15, 0.2) is 91.0 Å². The van der Waals surface area contributed by atoms with Gasteiger partial charge in [0.2, 0.25) is 0 Å². The van der Waals surface area contributed by atoms with Crippen molar-refractivity contribution in [1.82, 2.24) is 0 Å². The molecule has 0 bridgehead atoms. The third kappa shape index (κ3) is 4.51. The van der Waals surface area contributed by atoms with Gasteiger partial charge in [-0.3, -0.25) is 0 Å². The summed E-state index contributed by atoms with van der Waals surface area (Å²) in [6.07, 6.45) is 5.60. The number of rotatable bonds is 6. The zero-order valence-corrected chi connectivity index (χ0v) is 17.8. The van der Waals surface area contributed by atoms with Crippen LogP contribution in [-0.4, -0.2) is 17.5 Å². The Labute approximate surface area is 166 Å². The molecular formula is C25H28P2. The average Bonchev–Trinajstić information content (AvgIpc) is 3.18. The summed E-state index contributed by atoms with van der Waals surface area (Å²) in [7, 11) is -0.294. The molecule has 138 valence electrons. The molecule has 1 saturated heterocycles. The van der Waals surface area contributed by atoms with Gasteiger partial charge in [0.05, 0.1) is 0 Å². The van der Waals surface area contributed by atoms with E-state index in [0.29, 0.717) is 5.66 Å². The van der Waals surface area contributed by atoms with Crippen molar-refractivity contribution in [2.24, 2.45) is 0 Å². The first kappa shape index (κ1) is 18.9. The largest absolute Gasteiger partial charge is 0.0721 e. The maximum atomic E-state index is 2.50. The van der Waals surface area contributed by atoms with Crippen molar-refractivity contribution < 1.29 is 0 Å². The van der Waals surface area contributed by atoms with E-state index >= 15 is 0 Å². The third-order valence-corrected chi connectivity index (χ3v) is 11.5. The lowest BCUT2D eigenvalue weighted by molar-refractivity contribution is 0.706. The topological polar surface area (TPSA) is 0 Å². The van der Waals surface area contributed by atoms with Gasteiger partial charge in [0.15, 0.2) is 0 Å². The van der Waals surface area contributed by atoms with Crippen LogP contribution in [0.3, 0.4) is 0 Å². The zero-order chi connectivity index (χ0) is 18.5. The summed E-state index contributed by atoms with van der Waals surface area (Å²) in [6.45, 7) is 2.50. The van der Waals surface area contributed by atoms with Gasteiger partial charge in [-0.15, -0.1) is 0 Å². The monoisotopic (exact) mass is 390 g/mol. The van der Waals surface area contributed by atoms with Gasteiger partial charge in [0.25, 0.3) is 0 Å². The molecule has 3 atom stereocenters. The van der Waals surface area contributed by atoms with Gasteiger partial charge in [0, 0.05) is 0 Å². The van der Waals surface area contributed by atoms with E-state index in [0.717, 1.165) is 5.66 Å². The highest BCUT2D eigenvalue weighted by Gasteiger charge is 2.32. The lowest BCUT2D eigenvalue weighted by Crippen LogP contribution is -2.23. The zero-order valence-electron chi connectivity index (χ0n) is 16.0. The molecule has 3 aromatic rings. The second-order valence-corrected chi connectivity index (χ2v) is 12.7. The van der Waals surface area contributed by atoms with E-state index in [-0.39, 0.29) is 15.8 Å². The summed E-state index contributed by atoms with van der Waals surface area (Å²) in [5.74, 6) is 0. The molecule has 27 heavy (non-hydrogen) atoms. The van der Waals surface area contributed by atoms with E-state index in [4.69, 9.17) is 0 Å². The summed E-state index contributed by atoms with van der Waals surface area (Å²) in [5, 5.41) is 4.66. The minimum Gasteiger partial charge on any atom is -0.0721 e. The van der Waals surface area contributed by atoms with Crippen LogP contribution in [0.2, 0.25) is 0 Å². The van der Waals surface area contributed by atoms with E-state index in [1.807, 2.05) is 0 Å². The average molecular weight is 390 g/mol. The molecule has 0 N–H and O–H groups in total. The molecule has 1 aliphatic rings. The molecule has 0 amide bonds. The predicted octanol–water partition coefficient (Wildman–Crippen LogP) is 5.87. The molecule has 1 aliphatic heterocycles. The minimum atomic E-state index is -0.306. The Balaban J connectivity index is 1.58. The standard InChI is InChI=1S/C25H28P2/c1-21(20-25-18-11-19-26(25)22-12-5-2-6-13-22)27(23-14-7-3-8-15-23)24-16-9-4-10-17-24/h2-10,12-17,21,25H,11,18-20H2,1H3/t21-,25-,26?/m1/s1. The maximum absolute atomic E-state index is 2.50. The molecule has 4 rings (SSSR count). The fourth-order valence-electron chi connectivity index (χ4n) is 4.37. The fraction of sp³-hybridized carbons (Fsp3) is 0.280. The molecule has 0 saturated carbocycles. The second-order valence-electron chi connectivity index (χ2n) is 7.45. The highest BCUT2D eigenvalue weighted by Crippen LogP contribution is 2.53. The summed E-state index contributed by atoms with van der Waals surface area (Å²) in [5.41, 5.74) is 1.59. The molecule has 0 aliphatic carbocycles. The van der Waals surface area contributed by atoms with Crippen molar-refractivity contribution in [3.8, 4) is 0 Å². The van der Waals surface area contributed by atoms with Crippen molar-refractivity contribution in [3.63, 3.8) is 0 Å². The van der Waals surface area contributed by atoms with Crippen LogP contribution in [0.5, 0.6) is 0 Å². The van der Waals surface area contributed by atoms with Crippen LogP contribution >= 0.6 is 15.8 Å². The highest BCUT2D eigenvalue weighted by molar-refractivity contribution is 7.73. The summed E-state index contributed by atoms with van der Waals surface area (Å²) in [6, 6.07) is 33.8. The molecule has 0 nitrogen and oxygen atoms in total. The van der Waals surface area contributed by atoms with Crippen LogP contribution < -0.4 is 15.9 Å². The van der Waals surface area contributed by atoms with Crippen LogP contribution in [0, 0.1) is 0 Å². The van der Waals surface area contributed by atoms with E-state index in [9.17, 15) is 0 Å². The van der Waals surface area contributed by atoms with Crippen LogP contribution in [0.1, 0.15) is 26.2 Å². The lowest BCUT2D eigenvalue weighted by Gasteiger charge is -2.30. The number of hydrogen-bond acceptors (Lipinski definition) is 0. The first-order chi connectivity index (χ1) is 13.3. The highest BCUT2D eigenvalue weighted by atomic mass is 31.1. The van der Waals surface area contributed by atoms with Gasteiger partial charge >= 0.3 is 0 Å². The van der Waals surface area contributed by atoms with Gasteiger partial charge in [-0.25, -0.2) is 0 Å². The summed E-state index contributed by atoms with van der Waals surface area (Å²) >= 11 is 0. The molecule has 0 radical (unpaired) electrons. The Morgan fingerprint density at radius 2 is 1.33 bits per heavy atom. The van der Waals surface area contributed by atoms with E-state index in [2.05, 4.69) is 97.9 Å². The van der Waals surface area contributed by atoms with Gasteiger partial charge < -0.3 is 0 Å². The van der Waals surface area contributed by atoms with Crippen molar-refractivity contribution in [1.29, 1.82) is 0 Å². The van der Waals surface area contributed by atoms with Crippen molar-refractivity contribution >= 4 is 31.8 Å². The van der Waals surface area contributed by atoms with Crippen LogP contribution in [0.25, 0.3) is 0 Å². The minimum absolute atomic E-state index is 0.0116. The van der Waals surface area contributed by atoms with Crippen LogP contribution in [0.4, 0.5) is 0 Å². The van der Waals surface area contributed by atoms with Gasteiger partial charge in [-0.1, -0.05) is 106 Å². The third-order valence-electron chi connectivity index (χ3n) is 5.59. The molecule has 3 aromatic carbocycles. The number of benzene rings is 3. The first-order valence-corrected chi connectivity index (χ1v) is 13.0. The van der Waals surface area contributed by atoms with Gasteiger partial charge in [-0.05, 0) is 60.6 Å². The van der Waals surface area contributed by atoms with Crippen molar-refractivity contribution in [3.05, 3.63) is 91.0 Å². The Morgan fingerprint density at radius 1 is 0.815 bits per heavy atom. The number of hydrogen-bond donors (Lipinski definition) is 0. The van der Waals surface area contributed by atoms with E-state index < -0.39 is 0 Å². The normalized spacial score (nSPS) is 20.7. The Bertz CT molecular complexity index is 777. The predicted molar refractivity (Wildman–Crippen MR) is 124 cm³/mol. The Morgan fingerprint density at radius 3 is 1.89 bits per heavy atom. The van der Waals surface area contributed by atoms with E-state index in [1.165, 1.54) is 36.0 Å². The SMILES string of the molecule is C[C@H](C[C@H]1CCCP1c1ccccc1)P(c1ccccc1)c1ccccc1. The molecule has 1 fully saturated rings. The summed E-state index contributed by atoms with van der Waals surface area (Å²) in [4.78, 5) is 0. The quantitative estimate of drug-likeness (QED) is 0.462. The van der Waals surface area contributed by atoms with Crippen molar-refractivity contribution in [2.45, 2.75) is 37.5 Å². The molecule has 0 aromatic heterocycles. The Hall–Kier alpha value is -1.48. The molecule has 1 unspecified atom stereocenters. The molecule has 1 heterocycles. The molecule has 0 spiro atoms. The van der Waals surface area contributed by atoms with Gasteiger partial charge in [0.1, 0.15) is 0 Å². The van der Waals surface area contributed by atoms with E-state index in [1.54, 1.807) is 5.30 Å². The second kappa shape index (κ2) is 9.14. The fourth-order valence-corrected chi connectivity index (χ4v) is 10.5. The smallest absolute Gasteiger partial charge is 0.0151 e. The molecular weight excluding hydrogens is 362 g/mol. The maximum Gasteiger partial charge on any atom is -0.0151 e. The lowest BCUT2D eigenvalue weighted by atomic mass is 10.2. The Kier molecular flexibility index (Phi) is 6.39. The van der Waals surface area contributed by atoms with Crippen LogP contribution in [-0.2, 0) is 0 Å². The van der Waals surface area contributed by atoms with Crippen molar-refractivity contribution in [2.75, 3.05) is 6.16 Å².